The molecule has 2 nitrogen and oxygen atoms in total. The molecule has 1 N–H and O–H groups in total. The monoisotopic (exact) mass is 211 g/mol. The van der Waals surface area contributed by atoms with E-state index in [0.29, 0.717) is 5.75 Å². The largest absolute Gasteiger partial charge is 0.494 e. The Balaban J connectivity index is 2.92. The summed E-state index contributed by atoms with van der Waals surface area (Å²) in [6.45, 7) is 2.13. The van der Waals surface area contributed by atoms with Crippen LogP contribution in [0.1, 0.15) is 31.4 Å². The second-order valence-electron chi connectivity index (χ2n) is 3.52. The fraction of sp³-hybridized carbons (Fsp3) is 0.500. The van der Waals surface area contributed by atoms with Crippen LogP contribution in [0, 0.1) is 5.82 Å². The molecule has 84 valence electrons. The first kappa shape index (κ1) is 12.0. The standard InChI is InChI=1S/C12H18FNO/c1-4-5-11(14-2)9-6-7-10(13)12(8-9)15-3/h6-8,11,14H,4-5H2,1-3H3. The Kier molecular flexibility index (Phi) is 4.56. The summed E-state index contributed by atoms with van der Waals surface area (Å²) in [5.41, 5.74) is 1.07. The van der Waals surface area contributed by atoms with Crippen molar-refractivity contribution in [3.63, 3.8) is 0 Å². The highest BCUT2D eigenvalue weighted by atomic mass is 19.1. The van der Waals surface area contributed by atoms with Crippen LogP contribution in [-0.4, -0.2) is 14.2 Å². The van der Waals surface area contributed by atoms with Gasteiger partial charge >= 0.3 is 0 Å². The highest BCUT2D eigenvalue weighted by Crippen LogP contribution is 2.24. The van der Waals surface area contributed by atoms with Crippen molar-refractivity contribution in [3.8, 4) is 5.75 Å². The topological polar surface area (TPSA) is 21.3 Å². The number of nitrogens with one attached hydrogen (secondary N) is 1. The summed E-state index contributed by atoms with van der Waals surface area (Å²) < 4.78 is 18.1. The molecule has 0 aliphatic heterocycles. The van der Waals surface area contributed by atoms with Gasteiger partial charge in [0.05, 0.1) is 7.11 Å². The molecule has 0 aliphatic rings. The lowest BCUT2D eigenvalue weighted by Gasteiger charge is -2.16. The molecule has 3 heteroatoms. The van der Waals surface area contributed by atoms with Crippen molar-refractivity contribution in [2.24, 2.45) is 0 Å². The second-order valence-corrected chi connectivity index (χ2v) is 3.52. The third-order valence-electron chi connectivity index (χ3n) is 2.50. The van der Waals surface area contributed by atoms with Gasteiger partial charge in [-0.1, -0.05) is 19.4 Å². The first-order valence-corrected chi connectivity index (χ1v) is 5.23. The number of benzene rings is 1. The lowest BCUT2D eigenvalue weighted by molar-refractivity contribution is 0.384. The SMILES string of the molecule is CCCC(NC)c1ccc(F)c(OC)c1. The van der Waals surface area contributed by atoms with E-state index in [9.17, 15) is 4.39 Å². The lowest BCUT2D eigenvalue weighted by atomic mass is 10.0. The zero-order valence-electron chi connectivity index (χ0n) is 9.51. The Morgan fingerprint density at radius 3 is 2.73 bits per heavy atom. The highest BCUT2D eigenvalue weighted by Gasteiger charge is 2.11. The van der Waals surface area contributed by atoms with Crippen molar-refractivity contribution in [3.05, 3.63) is 29.6 Å². The van der Waals surface area contributed by atoms with Gasteiger partial charge in [0.15, 0.2) is 11.6 Å². The highest BCUT2D eigenvalue weighted by molar-refractivity contribution is 5.32. The van der Waals surface area contributed by atoms with Crippen LogP contribution in [0.15, 0.2) is 18.2 Å². The summed E-state index contributed by atoms with van der Waals surface area (Å²) in [6.07, 6.45) is 2.12. The first-order chi connectivity index (χ1) is 7.22. The van der Waals surface area contributed by atoms with Gasteiger partial charge in [0.25, 0.3) is 0 Å². The van der Waals surface area contributed by atoms with Crippen molar-refractivity contribution in [2.75, 3.05) is 14.2 Å². The van der Waals surface area contributed by atoms with Gasteiger partial charge in [0.2, 0.25) is 0 Å². The summed E-state index contributed by atoms with van der Waals surface area (Å²) in [7, 11) is 3.40. The van der Waals surface area contributed by atoms with Crippen molar-refractivity contribution in [1.82, 2.24) is 5.32 Å². The van der Waals surface area contributed by atoms with Crippen LogP contribution in [0.25, 0.3) is 0 Å². The number of rotatable bonds is 5. The minimum absolute atomic E-state index is 0.268. The number of halogens is 1. The molecule has 1 aromatic rings. The van der Waals surface area contributed by atoms with Crippen LogP contribution in [-0.2, 0) is 0 Å². The van der Waals surface area contributed by atoms with Gasteiger partial charge in [-0.15, -0.1) is 0 Å². The maximum atomic E-state index is 13.2. The van der Waals surface area contributed by atoms with E-state index in [1.165, 1.54) is 13.2 Å². The molecule has 1 unspecified atom stereocenters. The van der Waals surface area contributed by atoms with E-state index in [0.717, 1.165) is 18.4 Å². The Labute approximate surface area is 90.4 Å². The van der Waals surface area contributed by atoms with Crippen molar-refractivity contribution < 1.29 is 9.13 Å². The predicted molar refractivity (Wildman–Crippen MR) is 59.7 cm³/mol. The van der Waals surface area contributed by atoms with Gasteiger partial charge in [-0.25, -0.2) is 4.39 Å². The zero-order valence-corrected chi connectivity index (χ0v) is 9.51. The molecule has 0 heterocycles. The average molecular weight is 211 g/mol. The van der Waals surface area contributed by atoms with E-state index in [2.05, 4.69) is 12.2 Å². The van der Waals surface area contributed by atoms with Crippen LogP contribution in [0.5, 0.6) is 5.75 Å². The van der Waals surface area contributed by atoms with E-state index in [4.69, 9.17) is 4.74 Å². The Hall–Kier alpha value is -1.09. The van der Waals surface area contributed by atoms with Crippen molar-refractivity contribution in [1.29, 1.82) is 0 Å². The van der Waals surface area contributed by atoms with E-state index >= 15 is 0 Å². The van der Waals surface area contributed by atoms with Gasteiger partial charge in [-0.3, -0.25) is 0 Å². The predicted octanol–water partition coefficient (Wildman–Crippen LogP) is 2.89. The van der Waals surface area contributed by atoms with Crippen LogP contribution >= 0.6 is 0 Å². The van der Waals surface area contributed by atoms with Gasteiger partial charge < -0.3 is 10.1 Å². The number of hydrogen-bond donors (Lipinski definition) is 1. The zero-order chi connectivity index (χ0) is 11.3. The normalized spacial score (nSPS) is 12.5. The lowest BCUT2D eigenvalue weighted by Crippen LogP contribution is -2.16. The molecular weight excluding hydrogens is 193 g/mol. The van der Waals surface area contributed by atoms with Crippen LogP contribution in [0.3, 0.4) is 0 Å². The van der Waals surface area contributed by atoms with E-state index in [1.54, 1.807) is 12.1 Å². The van der Waals surface area contributed by atoms with Crippen LogP contribution < -0.4 is 10.1 Å². The number of methoxy groups -OCH3 is 1. The first-order valence-electron chi connectivity index (χ1n) is 5.23. The Morgan fingerprint density at radius 2 is 2.20 bits per heavy atom. The Bertz CT molecular complexity index is 314. The fourth-order valence-corrected chi connectivity index (χ4v) is 1.66. The van der Waals surface area contributed by atoms with Crippen LogP contribution in [0.2, 0.25) is 0 Å². The molecule has 0 saturated carbocycles. The summed E-state index contributed by atoms with van der Waals surface area (Å²) in [6, 6.07) is 5.28. The van der Waals surface area contributed by atoms with Gasteiger partial charge in [-0.05, 0) is 31.2 Å². The van der Waals surface area contributed by atoms with Gasteiger partial charge in [0, 0.05) is 6.04 Å². The molecule has 1 rings (SSSR count). The van der Waals surface area contributed by atoms with Gasteiger partial charge in [-0.2, -0.15) is 0 Å². The Morgan fingerprint density at radius 1 is 1.47 bits per heavy atom. The molecule has 0 aliphatic carbocycles. The summed E-state index contributed by atoms with van der Waals surface area (Å²) in [5, 5.41) is 3.21. The summed E-state index contributed by atoms with van der Waals surface area (Å²) >= 11 is 0. The average Bonchev–Trinajstić information content (AvgIpc) is 2.27. The van der Waals surface area contributed by atoms with Crippen molar-refractivity contribution >= 4 is 0 Å². The van der Waals surface area contributed by atoms with Gasteiger partial charge in [0.1, 0.15) is 0 Å². The quantitative estimate of drug-likeness (QED) is 0.808. The summed E-state index contributed by atoms with van der Waals surface area (Å²) in [5.74, 6) is -0.00328. The third-order valence-corrected chi connectivity index (χ3v) is 2.50. The maximum Gasteiger partial charge on any atom is 0.165 e. The van der Waals surface area contributed by atoms with Crippen LogP contribution in [0.4, 0.5) is 4.39 Å². The second kappa shape index (κ2) is 5.71. The molecule has 0 radical (unpaired) electrons. The molecule has 0 bridgehead atoms. The maximum absolute atomic E-state index is 13.2. The molecule has 0 spiro atoms. The molecule has 1 aromatic carbocycles. The number of hydrogen-bond acceptors (Lipinski definition) is 2. The minimum Gasteiger partial charge on any atom is -0.494 e. The van der Waals surface area contributed by atoms with E-state index in [-0.39, 0.29) is 11.9 Å². The molecule has 0 saturated heterocycles. The third kappa shape index (κ3) is 2.93. The molecular formula is C12H18FNO. The summed E-state index contributed by atoms with van der Waals surface area (Å²) in [4.78, 5) is 0. The van der Waals surface area contributed by atoms with E-state index in [1.807, 2.05) is 7.05 Å². The van der Waals surface area contributed by atoms with Crippen molar-refractivity contribution in [2.45, 2.75) is 25.8 Å². The minimum atomic E-state index is -0.312. The molecule has 0 aromatic heterocycles. The molecule has 1 atom stereocenters. The fourth-order valence-electron chi connectivity index (χ4n) is 1.66. The molecule has 15 heavy (non-hydrogen) atoms. The molecule has 0 fully saturated rings. The van der Waals surface area contributed by atoms with E-state index < -0.39 is 0 Å². The number of ether oxygens (including phenoxy) is 1. The smallest absolute Gasteiger partial charge is 0.165 e. The molecule has 0 amide bonds.